The van der Waals surface area contributed by atoms with Gasteiger partial charge in [-0.1, -0.05) is 24.3 Å². The Morgan fingerprint density at radius 2 is 1.96 bits per heavy atom. The van der Waals surface area contributed by atoms with Crippen LogP contribution in [0.4, 0.5) is 10.1 Å². The fraction of sp³-hybridized carbons (Fsp3) is 0.182. The van der Waals surface area contributed by atoms with Crippen LogP contribution in [0.3, 0.4) is 0 Å². The molecule has 1 aliphatic rings. The van der Waals surface area contributed by atoms with Crippen molar-refractivity contribution in [3.05, 3.63) is 77.3 Å². The van der Waals surface area contributed by atoms with Crippen LogP contribution >= 0.6 is 0 Å². The highest BCUT2D eigenvalue weighted by Gasteiger charge is 2.19. The van der Waals surface area contributed by atoms with Crippen molar-refractivity contribution in [1.82, 2.24) is 5.32 Å². The fourth-order valence-electron chi connectivity index (χ4n) is 3.29. The van der Waals surface area contributed by atoms with Crippen LogP contribution < -0.4 is 10.6 Å². The van der Waals surface area contributed by atoms with Crippen LogP contribution in [0.2, 0.25) is 0 Å². The average Bonchev–Trinajstić information content (AvgIpc) is 3.18. The predicted octanol–water partition coefficient (Wildman–Crippen LogP) is 4.46. The first-order chi connectivity index (χ1) is 13.5. The lowest BCUT2D eigenvalue weighted by Crippen LogP contribution is -2.26. The molecule has 2 aromatic carbocycles. The summed E-state index contributed by atoms with van der Waals surface area (Å²) in [5.41, 5.74) is 3.12. The zero-order valence-electron chi connectivity index (χ0n) is 15.3. The number of anilines is 1. The summed E-state index contributed by atoms with van der Waals surface area (Å²) in [7, 11) is 0. The maximum absolute atomic E-state index is 13.9. The Bertz CT molecular complexity index is 1060. The molecule has 6 heteroatoms. The van der Waals surface area contributed by atoms with Gasteiger partial charge in [0, 0.05) is 12.1 Å². The van der Waals surface area contributed by atoms with Crippen molar-refractivity contribution in [2.75, 3.05) is 5.32 Å². The van der Waals surface area contributed by atoms with E-state index in [0.717, 1.165) is 16.8 Å². The summed E-state index contributed by atoms with van der Waals surface area (Å²) in [4.78, 5) is 24.0. The molecule has 4 rings (SSSR count). The molecular formula is C22H19FN2O3. The van der Waals surface area contributed by atoms with Crippen LogP contribution in [-0.4, -0.2) is 11.8 Å². The Balaban J connectivity index is 1.48. The van der Waals surface area contributed by atoms with E-state index in [4.69, 9.17) is 4.42 Å². The molecule has 5 nitrogen and oxygen atoms in total. The Labute approximate surface area is 161 Å². The van der Waals surface area contributed by atoms with E-state index in [0.29, 0.717) is 24.2 Å². The second-order valence-corrected chi connectivity index (χ2v) is 6.80. The third-order valence-electron chi connectivity index (χ3n) is 4.84. The van der Waals surface area contributed by atoms with E-state index in [1.165, 1.54) is 12.1 Å². The van der Waals surface area contributed by atoms with E-state index in [1.54, 1.807) is 24.3 Å². The minimum atomic E-state index is -0.404. The molecule has 0 spiro atoms. The standard InChI is InChI=1S/C22H19FN2O3/c1-13(14-6-8-18-15(12-14)7-11-21(26)25-18)24-22(27)20-10-9-19(28-20)16-4-2-3-5-17(16)23/h2-6,8-10,12-13H,7,11H2,1H3,(H,24,27)(H,25,26)/t13-/m0/s1. The van der Waals surface area contributed by atoms with Gasteiger partial charge in [0.2, 0.25) is 5.91 Å². The highest BCUT2D eigenvalue weighted by atomic mass is 19.1. The molecule has 0 fully saturated rings. The first kappa shape index (κ1) is 18.0. The van der Waals surface area contributed by atoms with Gasteiger partial charge in [0.25, 0.3) is 5.91 Å². The van der Waals surface area contributed by atoms with Gasteiger partial charge in [-0.05, 0) is 54.8 Å². The minimum Gasteiger partial charge on any atom is -0.451 e. The number of carbonyl (C=O) groups excluding carboxylic acids is 2. The SMILES string of the molecule is C[C@H](NC(=O)c1ccc(-c2ccccc2F)o1)c1ccc2c(c1)CCC(=O)N2. The van der Waals surface area contributed by atoms with E-state index in [2.05, 4.69) is 10.6 Å². The summed E-state index contributed by atoms with van der Waals surface area (Å²) >= 11 is 0. The molecule has 0 saturated carbocycles. The molecule has 2 heterocycles. The van der Waals surface area contributed by atoms with Gasteiger partial charge in [-0.25, -0.2) is 4.39 Å². The van der Waals surface area contributed by atoms with Crippen LogP contribution in [0.15, 0.2) is 59.0 Å². The lowest BCUT2D eigenvalue weighted by molar-refractivity contribution is -0.116. The van der Waals surface area contributed by atoms with Gasteiger partial charge >= 0.3 is 0 Å². The monoisotopic (exact) mass is 378 g/mol. The number of nitrogens with one attached hydrogen (secondary N) is 2. The van der Waals surface area contributed by atoms with Crippen LogP contribution in [0.25, 0.3) is 11.3 Å². The van der Waals surface area contributed by atoms with Gasteiger partial charge in [-0.3, -0.25) is 9.59 Å². The highest BCUT2D eigenvalue weighted by molar-refractivity contribution is 5.94. The summed E-state index contributed by atoms with van der Waals surface area (Å²) in [6.07, 6.45) is 1.14. The number of furan rings is 1. The number of carbonyl (C=O) groups is 2. The number of benzene rings is 2. The van der Waals surface area contributed by atoms with Crippen LogP contribution in [0.1, 0.15) is 41.1 Å². The largest absolute Gasteiger partial charge is 0.451 e. The number of aryl methyl sites for hydroxylation is 1. The minimum absolute atomic E-state index is 0.0186. The molecule has 2 amide bonds. The van der Waals surface area contributed by atoms with E-state index < -0.39 is 5.82 Å². The number of amides is 2. The average molecular weight is 378 g/mol. The van der Waals surface area contributed by atoms with Gasteiger partial charge < -0.3 is 15.1 Å². The summed E-state index contributed by atoms with van der Waals surface area (Å²) in [5.74, 6) is -0.333. The molecular weight excluding hydrogens is 359 g/mol. The molecule has 28 heavy (non-hydrogen) atoms. The lowest BCUT2D eigenvalue weighted by Gasteiger charge is -2.20. The van der Waals surface area contributed by atoms with Gasteiger partial charge in [0.15, 0.2) is 5.76 Å². The smallest absolute Gasteiger partial charge is 0.287 e. The van der Waals surface area contributed by atoms with Crippen molar-refractivity contribution in [2.45, 2.75) is 25.8 Å². The van der Waals surface area contributed by atoms with Crippen molar-refractivity contribution in [3.8, 4) is 11.3 Å². The highest BCUT2D eigenvalue weighted by Crippen LogP contribution is 2.27. The number of fused-ring (bicyclic) bond motifs is 1. The van der Waals surface area contributed by atoms with E-state index >= 15 is 0 Å². The Hall–Kier alpha value is -3.41. The van der Waals surface area contributed by atoms with Crippen molar-refractivity contribution < 1.29 is 18.4 Å². The van der Waals surface area contributed by atoms with E-state index in [1.807, 2.05) is 25.1 Å². The zero-order chi connectivity index (χ0) is 19.7. The summed E-state index contributed by atoms with van der Waals surface area (Å²) in [6.45, 7) is 1.88. The van der Waals surface area contributed by atoms with Gasteiger partial charge in [0.05, 0.1) is 11.6 Å². The maximum atomic E-state index is 13.9. The zero-order valence-corrected chi connectivity index (χ0v) is 15.3. The van der Waals surface area contributed by atoms with Gasteiger partial charge in [-0.2, -0.15) is 0 Å². The lowest BCUT2D eigenvalue weighted by atomic mass is 9.98. The van der Waals surface area contributed by atoms with E-state index in [9.17, 15) is 14.0 Å². The van der Waals surface area contributed by atoms with Crippen molar-refractivity contribution >= 4 is 17.5 Å². The number of halogens is 1. The van der Waals surface area contributed by atoms with Crippen molar-refractivity contribution in [3.63, 3.8) is 0 Å². The first-order valence-corrected chi connectivity index (χ1v) is 9.09. The molecule has 142 valence electrons. The second kappa shape index (κ2) is 7.31. The summed E-state index contributed by atoms with van der Waals surface area (Å²) in [6, 6.07) is 14.8. The molecule has 3 aromatic rings. The molecule has 1 aromatic heterocycles. The molecule has 1 atom stereocenters. The third-order valence-corrected chi connectivity index (χ3v) is 4.84. The summed E-state index contributed by atoms with van der Waals surface area (Å²) in [5, 5.41) is 5.74. The van der Waals surface area contributed by atoms with Crippen LogP contribution in [0.5, 0.6) is 0 Å². The third kappa shape index (κ3) is 3.53. The summed E-state index contributed by atoms with van der Waals surface area (Å²) < 4.78 is 19.4. The Kier molecular flexibility index (Phi) is 4.69. The molecule has 0 aliphatic carbocycles. The quantitative estimate of drug-likeness (QED) is 0.704. The Morgan fingerprint density at radius 3 is 2.79 bits per heavy atom. The molecule has 2 N–H and O–H groups in total. The van der Waals surface area contributed by atoms with Crippen molar-refractivity contribution in [1.29, 1.82) is 0 Å². The molecule has 1 aliphatic heterocycles. The molecule has 0 saturated heterocycles. The van der Waals surface area contributed by atoms with Gasteiger partial charge in [-0.15, -0.1) is 0 Å². The van der Waals surface area contributed by atoms with Crippen LogP contribution in [-0.2, 0) is 11.2 Å². The number of hydrogen-bond donors (Lipinski definition) is 2. The Morgan fingerprint density at radius 1 is 1.14 bits per heavy atom. The maximum Gasteiger partial charge on any atom is 0.287 e. The van der Waals surface area contributed by atoms with E-state index in [-0.39, 0.29) is 23.6 Å². The number of rotatable bonds is 4. The topological polar surface area (TPSA) is 71.3 Å². The van der Waals surface area contributed by atoms with Crippen LogP contribution in [0, 0.1) is 5.82 Å². The van der Waals surface area contributed by atoms with Crippen molar-refractivity contribution in [2.24, 2.45) is 0 Å². The normalized spacial score (nSPS) is 14.1. The number of hydrogen-bond acceptors (Lipinski definition) is 3. The molecule has 0 radical (unpaired) electrons. The van der Waals surface area contributed by atoms with Gasteiger partial charge in [0.1, 0.15) is 11.6 Å². The fourth-order valence-corrected chi connectivity index (χ4v) is 3.29. The predicted molar refractivity (Wildman–Crippen MR) is 103 cm³/mol. The molecule has 0 bridgehead atoms. The first-order valence-electron chi connectivity index (χ1n) is 9.09. The molecule has 0 unspecified atom stereocenters. The second-order valence-electron chi connectivity index (χ2n) is 6.80.